The van der Waals surface area contributed by atoms with Gasteiger partial charge in [-0.05, 0) is 26.2 Å². The van der Waals surface area contributed by atoms with Crippen molar-refractivity contribution in [3.8, 4) is 0 Å². The number of nitrogens with zero attached hydrogens (tertiary/aromatic N) is 1. The number of aromatic amines is 1. The third-order valence-corrected chi connectivity index (χ3v) is 5.19. The summed E-state index contributed by atoms with van der Waals surface area (Å²) in [6, 6.07) is 0. The summed E-state index contributed by atoms with van der Waals surface area (Å²) in [7, 11) is 1.45. The first kappa shape index (κ1) is 14.8. The second kappa shape index (κ2) is 4.96. The lowest BCUT2D eigenvalue weighted by Gasteiger charge is -2.22. The van der Waals surface area contributed by atoms with Gasteiger partial charge in [-0.1, -0.05) is 0 Å². The quantitative estimate of drug-likeness (QED) is 0.804. The number of hydrogen-bond acceptors (Lipinski definition) is 5. The number of aromatic nitrogens is 2. The lowest BCUT2D eigenvalue weighted by Crippen LogP contribution is -2.46. The zero-order valence-corrected chi connectivity index (χ0v) is 13.1. The van der Waals surface area contributed by atoms with Crippen molar-refractivity contribution in [1.29, 1.82) is 0 Å². The van der Waals surface area contributed by atoms with E-state index in [-0.39, 0.29) is 16.5 Å². The van der Waals surface area contributed by atoms with Gasteiger partial charge < -0.3 is 10.1 Å². The van der Waals surface area contributed by atoms with Crippen molar-refractivity contribution >= 4 is 25.6 Å². The number of rotatable bonds is 4. The monoisotopic (exact) mass is 333 g/mol. The van der Waals surface area contributed by atoms with E-state index in [4.69, 9.17) is 15.4 Å². The molecule has 116 valence electrons. The summed E-state index contributed by atoms with van der Waals surface area (Å²) in [5, 5.41) is 9.32. The summed E-state index contributed by atoms with van der Waals surface area (Å²) in [4.78, 5) is 12.2. The molecule has 0 bridgehead atoms. The Morgan fingerprint density at radius 2 is 2.24 bits per heavy atom. The van der Waals surface area contributed by atoms with Gasteiger partial charge in [-0.3, -0.25) is 9.89 Å². The van der Waals surface area contributed by atoms with E-state index < -0.39 is 20.5 Å². The van der Waals surface area contributed by atoms with Crippen LogP contribution < -0.4 is 5.32 Å². The molecule has 9 heteroatoms. The van der Waals surface area contributed by atoms with Crippen LogP contribution in [0.5, 0.6) is 0 Å². The lowest BCUT2D eigenvalue weighted by molar-refractivity contribution is 0.0881. The molecule has 2 aliphatic rings. The number of H-pyrrole nitrogens is 1. The average molecular weight is 334 g/mol. The minimum Gasteiger partial charge on any atom is -0.379 e. The fourth-order valence-corrected chi connectivity index (χ4v) is 3.81. The largest absolute Gasteiger partial charge is 0.379 e. The molecule has 1 saturated carbocycles. The maximum absolute atomic E-state index is 12.4. The van der Waals surface area contributed by atoms with Crippen LogP contribution in [0.2, 0.25) is 0 Å². The molecule has 1 aliphatic carbocycles. The van der Waals surface area contributed by atoms with Crippen LogP contribution in [0.1, 0.15) is 48.3 Å². The Kier molecular flexibility index (Phi) is 3.50. The van der Waals surface area contributed by atoms with E-state index in [2.05, 4.69) is 15.5 Å². The van der Waals surface area contributed by atoms with Gasteiger partial charge in [-0.15, -0.1) is 0 Å². The molecule has 1 aromatic heterocycles. The molecule has 1 atom stereocenters. The molecule has 2 N–H and O–H groups in total. The van der Waals surface area contributed by atoms with E-state index in [1.165, 1.54) is 0 Å². The van der Waals surface area contributed by atoms with Gasteiger partial charge in [0.25, 0.3) is 15.0 Å². The van der Waals surface area contributed by atoms with E-state index in [1.54, 1.807) is 0 Å². The Balaban J connectivity index is 1.93. The van der Waals surface area contributed by atoms with Crippen LogP contribution in [0.25, 0.3) is 0 Å². The molecule has 2 fully saturated rings. The zero-order valence-electron chi connectivity index (χ0n) is 11.5. The third-order valence-electron chi connectivity index (χ3n) is 3.83. The van der Waals surface area contributed by atoms with Crippen molar-refractivity contribution in [3.05, 3.63) is 11.4 Å². The second-order valence-corrected chi connectivity index (χ2v) is 8.35. The van der Waals surface area contributed by atoms with E-state index >= 15 is 0 Å². The zero-order chi connectivity index (χ0) is 15.3. The number of halogens is 1. The summed E-state index contributed by atoms with van der Waals surface area (Å²) in [6.45, 7) is 2.80. The van der Waals surface area contributed by atoms with Gasteiger partial charge in [0.05, 0.1) is 17.8 Å². The molecule has 1 aromatic rings. The molecule has 1 saturated heterocycles. The highest BCUT2D eigenvalue weighted by atomic mass is 35.7. The van der Waals surface area contributed by atoms with Gasteiger partial charge in [0.1, 0.15) is 4.90 Å². The third kappa shape index (κ3) is 2.93. The fraction of sp³-hybridized carbons (Fsp3) is 0.667. The molecular formula is C12H16ClN3O4S. The van der Waals surface area contributed by atoms with Gasteiger partial charge in [0.15, 0.2) is 5.69 Å². The molecule has 1 unspecified atom stereocenters. The molecule has 21 heavy (non-hydrogen) atoms. The SMILES string of the molecule is CC1(NC(=O)c2n[nH]c(C3CC3)c2S(=O)(=O)Cl)CCOC1. The van der Waals surface area contributed by atoms with Crippen molar-refractivity contribution in [2.75, 3.05) is 13.2 Å². The van der Waals surface area contributed by atoms with E-state index in [9.17, 15) is 13.2 Å². The van der Waals surface area contributed by atoms with Crippen LogP contribution in [-0.4, -0.2) is 43.3 Å². The maximum atomic E-state index is 12.4. The van der Waals surface area contributed by atoms with Gasteiger partial charge in [-0.2, -0.15) is 5.10 Å². The molecule has 0 aromatic carbocycles. The molecule has 7 nitrogen and oxygen atoms in total. The van der Waals surface area contributed by atoms with Gasteiger partial charge in [0.2, 0.25) is 0 Å². The van der Waals surface area contributed by atoms with Crippen LogP contribution in [-0.2, 0) is 13.8 Å². The van der Waals surface area contributed by atoms with Gasteiger partial charge in [-0.25, -0.2) is 8.42 Å². The van der Waals surface area contributed by atoms with Crippen LogP contribution in [0.15, 0.2) is 4.90 Å². The number of amides is 1. The van der Waals surface area contributed by atoms with Crippen molar-refractivity contribution in [3.63, 3.8) is 0 Å². The molecule has 2 heterocycles. The molecule has 1 amide bonds. The number of nitrogens with one attached hydrogen (secondary N) is 2. The highest BCUT2D eigenvalue weighted by molar-refractivity contribution is 8.13. The predicted molar refractivity (Wildman–Crippen MR) is 74.9 cm³/mol. The van der Waals surface area contributed by atoms with E-state index in [0.29, 0.717) is 25.3 Å². The molecule has 1 aliphatic heterocycles. The van der Waals surface area contributed by atoms with Crippen LogP contribution in [0, 0.1) is 0 Å². The number of hydrogen-bond donors (Lipinski definition) is 2. The number of ether oxygens (including phenoxy) is 1. The predicted octanol–water partition coefficient (Wildman–Crippen LogP) is 1.12. The minimum absolute atomic E-state index is 0.0907. The second-order valence-electron chi connectivity index (χ2n) is 5.84. The van der Waals surface area contributed by atoms with Crippen molar-refractivity contribution in [2.45, 2.75) is 42.5 Å². The highest BCUT2D eigenvalue weighted by Gasteiger charge is 2.38. The summed E-state index contributed by atoms with van der Waals surface area (Å²) in [6.07, 6.45) is 2.41. The minimum atomic E-state index is -4.04. The number of carbonyl (C=O) groups is 1. The molecule has 3 rings (SSSR count). The molecular weight excluding hydrogens is 318 g/mol. The Morgan fingerprint density at radius 3 is 2.76 bits per heavy atom. The Hall–Kier alpha value is -1.12. The van der Waals surface area contributed by atoms with Crippen molar-refractivity contribution < 1.29 is 17.9 Å². The Bertz CT molecular complexity index is 675. The van der Waals surface area contributed by atoms with E-state index in [0.717, 1.165) is 12.8 Å². The van der Waals surface area contributed by atoms with Gasteiger partial charge >= 0.3 is 0 Å². The average Bonchev–Trinajstić information content (AvgIpc) is 2.96. The molecule has 0 radical (unpaired) electrons. The molecule has 0 spiro atoms. The lowest BCUT2D eigenvalue weighted by atomic mass is 10.0. The van der Waals surface area contributed by atoms with Crippen LogP contribution in [0.3, 0.4) is 0 Å². The highest BCUT2D eigenvalue weighted by Crippen LogP contribution is 2.43. The van der Waals surface area contributed by atoms with Crippen LogP contribution in [0.4, 0.5) is 0 Å². The van der Waals surface area contributed by atoms with Gasteiger partial charge in [0, 0.05) is 23.2 Å². The topological polar surface area (TPSA) is 101 Å². The Labute approximate surface area is 126 Å². The first-order valence-electron chi connectivity index (χ1n) is 6.73. The van der Waals surface area contributed by atoms with Crippen LogP contribution >= 0.6 is 10.7 Å². The van der Waals surface area contributed by atoms with Crippen molar-refractivity contribution in [2.24, 2.45) is 0 Å². The summed E-state index contributed by atoms with van der Waals surface area (Å²) in [5.74, 6) is -0.460. The summed E-state index contributed by atoms with van der Waals surface area (Å²) in [5.41, 5.74) is -0.244. The van der Waals surface area contributed by atoms with Crippen molar-refractivity contribution in [1.82, 2.24) is 15.5 Å². The fourth-order valence-electron chi connectivity index (χ4n) is 2.49. The first-order chi connectivity index (χ1) is 9.80. The standard InChI is InChI=1S/C12H16ClN3O4S/c1-12(4-5-20-6-12)14-11(17)9-10(21(13,18)19)8(15-16-9)7-2-3-7/h7H,2-6H2,1H3,(H,14,17)(H,15,16). The normalized spacial score (nSPS) is 26.0. The summed E-state index contributed by atoms with van der Waals surface area (Å²) >= 11 is 0. The number of carbonyl (C=O) groups excluding carboxylic acids is 1. The maximum Gasteiger partial charge on any atom is 0.273 e. The Morgan fingerprint density at radius 1 is 1.52 bits per heavy atom. The smallest absolute Gasteiger partial charge is 0.273 e. The summed E-state index contributed by atoms with van der Waals surface area (Å²) < 4.78 is 28.8. The first-order valence-corrected chi connectivity index (χ1v) is 9.04. The van der Waals surface area contributed by atoms with E-state index in [1.807, 2.05) is 6.92 Å².